The van der Waals surface area contributed by atoms with Gasteiger partial charge in [-0.2, -0.15) is 0 Å². The van der Waals surface area contributed by atoms with Gasteiger partial charge in [0.1, 0.15) is 5.82 Å². The minimum Gasteiger partial charge on any atom is -0.478 e. The Morgan fingerprint density at radius 2 is 1.80 bits per heavy atom. The van der Waals surface area contributed by atoms with Gasteiger partial charge in [-0.3, -0.25) is 4.79 Å². The number of carbonyl (C=O) groups excluding carboxylic acids is 1. The van der Waals surface area contributed by atoms with E-state index in [-0.39, 0.29) is 28.4 Å². The molecule has 10 nitrogen and oxygen atoms in total. The van der Waals surface area contributed by atoms with Crippen molar-refractivity contribution in [2.45, 2.75) is 16.7 Å². The number of sulfonamides is 1. The van der Waals surface area contributed by atoms with E-state index in [1.807, 2.05) is 4.72 Å². The Labute approximate surface area is 173 Å². The van der Waals surface area contributed by atoms with Gasteiger partial charge in [-0.05, 0) is 36.8 Å². The number of aromatic carboxylic acids is 1. The number of rotatable bonds is 6. The standard InChI is InChI=1S/C18H19N3O7S2/c1-11-3-5-14(29(2,25)26)7-15(11)30(27,28)20-17(22)13-9-21(10-13)16-6-4-12(8-19-16)18(23)24/h3-8,13H,9-10H2,1-2H3,(H,20,22)(H,23,24). The fourth-order valence-electron chi connectivity index (χ4n) is 2.90. The maximum absolute atomic E-state index is 12.6. The Morgan fingerprint density at radius 1 is 1.13 bits per heavy atom. The Bertz CT molecular complexity index is 1220. The number of anilines is 1. The number of carboxylic acids is 1. The molecule has 1 amide bonds. The Balaban J connectivity index is 1.69. The van der Waals surface area contributed by atoms with E-state index in [9.17, 15) is 26.4 Å². The molecule has 0 unspecified atom stereocenters. The summed E-state index contributed by atoms with van der Waals surface area (Å²) in [4.78, 5) is 28.5. The number of sulfone groups is 1. The average Bonchev–Trinajstić information content (AvgIpc) is 2.59. The summed E-state index contributed by atoms with van der Waals surface area (Å²) < 4.78 is 50.7. The molecule has 12 heteroatoms. The monoisotopic (exact) mass is 453 g/mol. The predicted octanol–water partition coefficient (Wildman–Crippen LogP) is 0.433. The van der Waals surface area contributed by atoms with Crippen LogP contribution < -0.4 is 9.62 Å². The number of amides is 1. The lowest BCUT2D eigenvalue weighted by Crippen LogP contribution is -2.54. The van der Waals surface area contributed by atoms with Crippen molar-refractivity contribution in [2.24, 2.45) is 5.92 Å². The molecule has 3 rings (SSSR count). The van der Waals surface area contributed by atoms with Crippen LogP contribution in [0.1, 0.15) is 15.9 Å². The number of hydrogen-bond donors (Lipinski definition) is 2. The summed E-state index contributed by atoms with van der Waals surface area (Å²) in [6, 6.07) is 6.60. The fraction of sp³-hybridized carbons (Fsp3) is 0.278. The molecule has 2 aromatic rings. The number of carboxylic acid groups (broad SMARTS) is 1. The van der Waals surface area contributed by atoms with Crippen LogP contribution in [0.5, 0.6) is 0 Å². The summed E-state index contributed by atoms with van der Waals surface area (Å²) in [5, 5.41) is 8.89. The molecule has 2 N–H and O–H groups in total. The second-order valence-corrected chi connectivity index (χ2v) is 10.6. The van der Waals surface area contributed by atoms with E-state index >= 15 is 0 Å². The van der Waals surface area contributed by atoms with Gasteiger partial charge in [-0.15, -0.1) is 0 Å². The smallest absolute Gasteiger partial charge is 0.337 e. The first-order valence-corrected chi connectivity index (χ1v) is 12.1. The quantitative estimate of drug-likeness (QED) is 0.634. The molecule has 1 aliphatic heterocycles. The zero-order chi connectivity index (χ0) is 22.3. The SMILES string of the molecule is Cc1ccc(S(C)(=O)=O)cc1S(=O)(=O)NC(=O)C1CN(c2ccc(C(=O)O)cn2)C1. The van der Waals surface area contributed by atoms with Gasteiger partial charge < -0.3 is 10.0 Å². The molecule has 160 valence electrons. The van der Waals surface area contributed by atoms with Gasteiger partial charge >= 0.3 is 5.97 Å². The van der Waals surface area contributed by atoms with Crippen LogP contribution in [0.2, 0.25) is 0 Å². The normalized spacial score (nSPS) is 14.8. The second-order valence-electron chi connectivity index (χ2n) is 6.98. The molecule has 1 aliphatic rings. The molecule has 1 aromatic heterocycles. The third kappa shape index (κ3) is 4.44. The largest absolute Gasteiger partial charge is 0.478 e. The third-order valence-electron chi connectivity index (χ3n) is 4.68. The summed E-state index contributed by atoms with van der Waals surface area (Å²) >= 11 is 0. The molecule has 1 saturated heterocycles. The topological polar surface area (TPSA) is 151 Å². The van der Waals surface area contributed by atoms with Crippen LogP contribution in [0.15, 0.2) is 46.3 Å². The van der Waals surface area contributed by atoms with Crippen molar-refractivity contribution in [1.82, 2.24) is 9.71 Å². The van der Waals surface area contributed by atoms with Gasteiger partial charge in [0.15, 0.2) is 9.84 Å². The zero-order valence-electron chi connectivity index (χ0n) is 16.1. The number of hydrogen-bond acceptors (Lipinski definition) is 8. The van der Waals surface area contributed by atoms with Crippen molar-refractivity contribution >= 4 is 37.6 Å². The fourth-order valence-corrected chi connectivity index (χ4v) is 4.94. The van der Waals surface area contributed by atoms with Crippen LogP contribution in [0, 0.1) is 12.8 Å². The van der Waals surface area contributed by atoms with Crippen molar-refractivity contribution in [3.05, 3.63) is 47.7 Å². The number of nitrogens with zero attached hydrogens (tertiary/aromatic N) is 2. The molecule has 0 aliphatic carbocycles. The van der Waals surface area contributed by atoms with E-state index in [2.05, 4.69) is 4.98 Å². The first kappa shape index (κ1) is 21.7. The Kier molecular flexibility index (Phi) is 5.56. The van der Waals surface area contributed by atoms with Crippen LogP contribution in [0.25, 0.3) is 0 Å². The first-order valence-electron chi connectivity index (χ1n) is 8.70. The van der Waals surface area contributed by atoms with Crippen molar-refractivity contribution in [1.29, 1.82) is 0 Å². The minimum absolute atomic E-state index is 0.0337. The molecule has 0 bridgehead atoms. The number of aromatic nitrogens is 1. The summed E-state index contributed by atoms with van der Waals surface area (Å²) in [6.45, 7) is 1.93. The molecule has 2 heterocycles. The van der Waals surface area contributed by atoms with Gasteiger partial charge in [-0.1, -0.05) is 6.07 Å². The Morgan fingerprint density at radius 3 is 2.33 bits per heavy atom. The highest BCUT2D eigenvalue weighted by Crippen LogP contribution is 2.25. The molecule has 30 heavy (non-hydrogen) atoms. The first-order chi connectivity index (χ1) is 13.9. The number of carbonyl (C=O) groups is 2. The molecular formula is C18H19N3O7S2. The minimum atomic E-state index is -4.25. The van der Waals surface area contributed by atoms with Crippen LogP contribution >= 0.6 is 0 Å². The second kappa shape index (κ2) is 7.69. The van der Waals surface area contributed by atoms with E-state index in [1.54, 1.807) is 4.90 Å². The van der Waals surface area contributed by atoms with E-state index < -0.39 is 37.7 Å². The van der Waals surface area contributed by atoms with Gasteiger partial charge in [0, 0.05) is 25.5 Å². The third-order valence-corrected chi connectivity index (χ3v) is 7.28. The molecule has 0 saturated carbocycles. The molecule has 1 fully saturated rings. The summed E-state index contributed by atoms with van der Waals surface area (Å²) in [6.07, 6.45) is 2.17. The van der Waals surface area contributed by atoms with Crippen LogP contribution in [-0.2, 0) is 24.7 Å². The summed E-state index contributed by atoms with van der Waals surface area (Å²) in [7, 11) is -7.87. The molecule has 1 aromatic carbocycles. The molecule has 0 spiro atoms. The van der Waals surface area contributed by atoms with Crippen molar-refractivity contribution < 1.29 is 31.5 Å². The molecule has 0 radical (unpaired) electrons. The summed E-state index contributed by atoms with van der Waals surface area (Å²) in [5.41, 5.74) is 0.340. The highest BCUT2D eigenvalue weighted by Gasteiger charge is 2.36. The average molecular weight is 453 g/mol. The molecule has 0 atom stereocenters. The summed E-state index contributed by atoms with van der Waals surface area (Å²) in [5.74, 6) is -1.95. The van der Waals surface area contributed by atoms with E-state index in [0.29, 0.717) is 11.4 Å². The van der Waals surface area contributed by atoms with Crippen LogP contribution in [0.3, 0.4) is 0 Å². The van der Waals surface area contributed by atoms with Crippen LogP contribution in [0.4, 0.5) is 5.82 Å². The lowest BCUT2D eigenvalue weighted by atomic mass is 10.00. The van der Waals surface area contributed by atoms with E-state index in [1.165, 1.54) is 37.4 Å². The zero-order valence-corrected chi connectivity index (χ0v) is 17.7. The predicted molar refractivity (Wildman–Crippen MR) is 107 cm³/mol. The van der Waals surface area contributed by atoms with Crippen LogP contribution in [-0.4, -0.2) is 58.1 Å². The maximum atomic E-state index is 12.6. The van der Waals surface area contributed by atoms with E-state index in [4.69, 9.17) is 5.11 Å². The maximum Gasteiger partial charge on any atom is 0.337 e. The number of pyridine rings is 1. The lowest BCUT2D eigenvalue weighted by Gasteiger charge is -2.38. The van der Waals surface area contributed by atoms with Crippen molar-refractivity contribution in [3.8, 4) is 0 Å². The Hall–Kier alpha value is -2.99. The van der Waals surface area contributed by atoms with Gasteiger partial charge in [0.25, 0.3) is 10.0 Å². The lowest BCUT2D eigenvalue weighted by molar-refractivity contribution is -0.123. The number of benzene rings is 1. The highest BCUT2D eigenvalue weighted by atomic mass is 32.2. The van der Waals surface area contributed by atoms with E-state index in [0.717, 1.165) is 12.3 Å². The molecular weight excluding hydrogens is 434 g/mol. The highest BCUT2D eigenvalue weighted by molar-refractivity contribution is 7.91. The van der Waals surface area contributed by atoms with Gasteiger partial charge in [0.2, 0.25) is 5.91 Å². The number of nitrogens with one attached hydrogen (secondary N) is 1. The van der Waals surface area contributed by atoms with Crippen molar-refractivity contribution in [2.75, 3.05) is 24.2 Å². The van der Waals surface area contributed by atoms with Gasteiger partial charge in [-0.25, -0.2) is 31.3 Å². The van der Waals surface area contributed by atoms with Gasteiger partial charge in [0.05, 0.1) is 21.3 Å². The van der Waals surface area contributed by atoms with Crippen molar-refractivity contribution in [3.63, 3.8) is 0 Å². The number of aryl methyl sites for hydroxylation is 1.